The second kappa shape index (κ2) is 7.76. The first-order valence-electron chi connectivity index (χ1n) is 9.20. The summed E-state index contributed by atoms with van der Waals surface area (Å²) in [6.07, 6.45) is 0. The predicted molar refractivity (Wildman–Crippen MR) is 119 cm³/mol. The molecule has 27 heavy (non-hydrogen) atoms. The molecule has 0 saturated heterocycles. The molecule has 3 aromatic rings. The zero-order valence-corrected chi connectivity index (χ0v) is 17.6. The molecule has 2 nitrogen and oxygen atoms in total. The summed E-state index contributed by atoms with van der Waals surface area (Å²) >= 11 is 0. The molecule has 0 bridgehead atoms. The highest BCUT2D eigenvalue weighted by Gasteiger charge is 2.43. The number of nitrogens with zero attached hydrogens (tertiary/aromatic N) is 1. The lowest BCUT2D eigenvalue weighted by Crippen LogP contribution is -2.23. The quantitative estimate of drug-likeness (QED) is 0.491. The molecule has 0 aliphatic carbocycles. The highest BCUT2D eigenvalue weighted by Crippen LogP contribution is 2.54. The van der Waals surface area contributed by atoms with Crippen LogP contribution in [0.3, 0.4) is 0 Å². The Morgan fingerprint density at radius 1 is 0.704 bits per heavy atom. The fourth-order valence-electron chi connectivity index (χ4n) is 3.48. The number of aryl methyl sites for hydroxylation is 4. The Morgan fingerprint density at radius 3 is 1.52 bits per heavy atom. The van der Waals surface area contributed by atoms with E-state index >= 15 is 0 Å². The molecular formula is C24H27NOP+. The van der Waals surface area contributed by atoms with Gasteiger partial charge in [-0.2, -0.15) is 0 Å². The van der Waals surface area contributed by atoms with Gasteiger partial charge in [-0.15, -0.1) is 0 Å². The third kappa shape index (κ3) is 4.35. The molecule has 0 atom stereocenters. The molecule has 3 heteroatoms. The Morgan fingerprint density at radius 2 is 1.11 bits per heavy atom. The van der Waals surface area contributed by atoms with Gasteiger partial charge >= 0.3 is 7.64 Å². The molecule has 0 aliphatic heterocycles. The molecule has 0 saturated carbocycles. The summed E-state index contributed by atoms with van der Waals surface area (Å²) < 4.78 is 4.97. The second-order valence-corrected chi connectivity index (χ2v) is 9.78. The molecule has 0 radical (unpaired) electrons. The van der Waals surface area contributed by atoms with Crippen LogP contribution in [0.25, 0.3) is 0 Å². The minimum absolute atomic E-state index is 0.852. The topological polar surface area (TPSA) is 32.6 Å². The fourth-order valence-corrected chi connectivity index (χ4v) is 6.09. The van der Waals surface area contributed by atoms with E-state index < -0.39 is 7.64 Å². The van der Waals surface area contributed by atoms with Crippen molar-refractivity contribution in [2.24, 2.45) is 4.76 Å². The Kier molecular flexibility index (Phi) is 5.60. The van der Waals surface area contributed by atoms with E-state index in [0.29, 0.717) is 0 Å². The molecule has 0 amide bonds. The molecule has 0 fully saturated rings. The van der Waals surface area contributed by atoms with E-state index in [1.807, 2.05) is 37.3 Å². The van der Waals surface area contributed by atoms with Crippen LogP contribution in [0, 0.1) is 27.7 Å². The molecule has 0 heterocycles. The van der Waals surface area contributed by atoms with Crippen molar-refractivity contribution in [2.75, 3.05) is 0 Å². The summed E-state index contributed by atoms with van der Waals surface area (Å²) in [7, 11) is -2.92. The first-order chi connectivity index (χ1) is 12.8. The van der Waals surface area contributed by atoms with Crippen LogP contribution < -0.4 is 10.6 Å². The van der Waals surface area contributed by atoms with Crippen LogP contribution >= 0.6 is 7.64 Å². The van der Waals surface area contributed by atoms with Crippen molar-refractivity contribution in [3.63, 3.8) is 0 Å². The Balaban J connectivity index is 2.25. The van der Waals surface area contributed by atoms with Crippen molar-refractivity contribution in [3.8, 4) is 0 Å². The second-order valence-electron chi connectivity index (χ2n) is 7.34. The van der Waals surface area contributed by atoms with E-state index in [1.165, 1.54) is 0 Å². The van der Waals surface area contributed by atoms with Crippen LogP contribution in [0.1, 0.15) is 34.7 Å². The molecule has 0 aliphatic rings. The number of benzene rings is 3. The van der Waals surface area contributed by atoms with E-state index in [1.54, 1.807) is 0 Å². The van der Waals surface area contributed by atoms with Crippen molar-refractivity contribution >= 4 is 24.0 Å². The minimum Gasteiger partial charge on any atom is -0.214 e. The van der Waals surface area contributed by atoms with Crippen molar-refractivity contribution < 1.29 is 4.89 Å². The van der Waals surface area contributed by atoms with Crippen molar-refractivity contribution in [1.29, 1.82) is 0 Å². The van der Waals surface area contributed by atoms with Gasteiger partial charge in [-0.3, -0.25) is 0 Å². The van der Waals surface area contributed by atoms with Gasteiger partial charge in [-0.25, -0.2) is 4.89 Å². The number of hydrogen-bond acceptors (Lipinski definition) is 2. The van der Waals surface area contributed by atoms with E-state index in [4.69, 9.17) is 4.76 Å². The fraction of sp³-hybridized carbons (Fsp3) is 0.208. The van der Waals surface area contributed by atoms with Gasteiger partial charge in [-0.1, -0.05) is 47.2 Å². The average molecular weight is 376 g/mol. The van der Waals surface area contributed by atoms with Crippen molar-refractivity contribution in [1.82, 2.24) is 0 Å². The maximum Gasteiger partial charge on any atom is 0.323 e. The summed E-state index contributed by atoms with van der Waals surface area (Å²) in [6.45, 7) is 10.2. The van der Waals surface area contributed by atoms with E-state index in [9.17, 15) is 4.89 Å². The monoisotopic (exact) mass is 376 g/mol. The first kappa shape index (κ1) is 19.5. The lowest BCUT2D eigenvalue weighted by molar-refractivity contribution is 0.624. The Labute approximate surface area is 163 Å². The molecule has 0 spiro atoms. The van der Waals surface area contributed by atoms with Crippen LogP contribution in [0.4, 0.5) is 0 Å². The van der Waals surface area contributed by atoms with Gasteiger partial charge in [-0.05, 0) is 86.7 Å². The molecular weight excluding hydrogens is 349 g/mol. The normalized spacial score (nSPS) is 12.3. The van der Waals surface area contributed by atoms with Gasteiger partial charge in [0.2, 0.25) is 0 Å². The molecule has 0 unspecified atom stereocenters. The van der Waals surface area contributed by atoms with Crippen LogP contribution in [-0.4, -0.2) is 10.6 Å². The summed E-state index contributed by atoms with van der Waals surface area (Å²) in [5.74, 6) is 0. The summed E-state index contributed by atoms with van der Waals surface area (Å²) in [5.41, 5.74) is 6.44. The lowest BCUT2D eigenvalue weighted by atomic mass is 10.1. The van der Waals surface area contributed by atoms with E-state index in [-0.39, 0.29) is 0 Å². The predicted octanol–water partition coefficient (Wildman–Crippen LogP) is 5.22. The lowest BCUT2D eigenvalue weighted by Gasteiger charge is -2.18. The van der Waals surface area contributed by atoms with Gasteiger partial charge in [0, 0.05) is 0 Å². The highest BCUT2D eigenvalue weighted by molar-refractivity contribution is 7.83. The molecule has 3 aromatic carbocycles. The third-order valence-corrected chi connectivity index (χ3v) is 7.17. The van der Waals surface area contributed by atoms with Crippen LogP contribution in [0.5, 0.6) is 0 Å². The maximum absolute atomic E-state index is 12.0. The summed E-state index contributed by atoms with van der Waals surface area (Å²) in [4.78, 5) is 12.0. The Bertz CT molecular complexity index is 901. The molecule has 3 rings (SSSR count). The summed E-state index contributed by atoms with van der Waals surface area (Å²) in [5, 5.41) is 1.81. The number of hydrogen-bond donors (Lipinski definition) is 1. The van der Waals surface area contributed by atoms with Gasteiger partial charge < -0.3 is 0 Å². The molecule has 1 N–H and O–H groups in total. The zero-order valence-electron chi connectivity index (χ0n) is 16.7. The van der Waals surface area contributed by atoms with Crippen LogP contribution in [-0.2, 0) is 0 Å². The van der Waals surface area contributed by atoms with Gasteiger partial charge in [0.15, 0.2) is 10.6 Å². The van der Waals surface area contributed by atoms with Gasteiger partial charge in [0.05, 0.1) is 5.71 Å². The average Bonchev–Trinajstić information content (AvgIpc) is 2.60. The minimum atomic E-state index is -2.92. The SMILES string of the molecule is C/C(=N\[P+](O)(c1cc(C)cc(C)c1)c1cc(C)cc(C)c1)c1ccccc1. The smallest absolute Gasteiger partial charge is 0.214 e. The zero-order chi connectivity index (χ0) is 19.6. The van der Waals surface area contributed by atoms with Gasteiger partial charge in [0.25, 0.3) is 0 Å². The Hall–Kier alpha value is -2.28. The maximum atomic E-state index is 12.0. The van der Waals surface area contributed by atoms with E-state index in [2.05, 4.69) is 64.1 Å². The standard InChI is InChI=1S/C24H27NOP/c1-17-11-18(2)14-23(13-17)27(26,24-15-19(3)12-20(4)16-24)25-21(5)22-9-7-6-8-10-22/h6-16,26H,1-5H3/q+1/b25-21+. The van der Waals surface area contributed by atoms with Gasteiger partial charge in [0.1, 0.15) is 0 Å². The van der Waals surface area contributed by atoms with Crippen molar-refractivity contribution in [3.05, 3.63) is 94.5 Å². The van der Waals surface area contributed by atoms with Crippen LogP contribution in [0.15, 0.2) is 71.5 Å². The van der Waals surface area contributed by atoms with Crippen molar-refractivity contribution in [2.45, 2.75) is 34.6 Å². The largest absolute Gasteiger partial charge is 0.323 e. The number of rotatable bonds is 4. The highest BCUT2D eigenvalue weighted by atomic mass is 31.2. The third-order valence-electron chi connectivity index (χ3n) is 4.62. The first-order valence-corrected chi connectivity index (χ1v) is 10.9. The van der Waals surface area contributed by atoms with Crippen LogP contribution in [0.2, 0.25) is 0 Å². The molecule has 0 aromatic heterocycles. The van der Waals surface area contributed by atoms with E-state index in [0.717, 1.165) is 44.1 Å². The summed E-state index contributed by atoms with van der Waals surface area (Å²) in [6, 6.07) is 22.6. The molecule has 138 valence electrons.